The Balaban J connectivity index is 1.93. The van der Waals surface area contributed by atoms with Crippen molar-refractivity contribution in [3.05, 3.63) is 41.1 Å². The molecule has 3 rings (SSSR count). The van der Waals surface area contributed by atoms with E-state index in [2.05, 4.69) is 30.1 Å². The number of allylic oxidation sites excluding steroid dienone is 1. The van der Waals surface area contributed by atoms with E-state index >= 15 is 0 Å². The molecule has 0 spiro atoms. The Morgan fingerprint density at radius 1 is 1.10 bits per heavy atom. The van der Waals surface area contributed by atoms with E-state index in [1.807, 2.05) is 19.1 Å². The molecule has 1 aromatic heterocycles. The quantitative estimate of drug-likeness (QED) is 0.825. The van der Waals surface area contributed by atoms with Gasteiger partial charge < -0.3 is 5.11 Å². The van der Waals surface area contributed by atoms with Gasteiger partial charge in [-0.15, -0.1) is 0 Å². The predicted octanol–water partition coefficient (Wildman–Crippen LogP) is 5.15. The maximum atomic E-state index is 10.2. The molecule has 1 heterocycles. The van der Waals surface area contributed by atoms with Gasteiger partial charge in [0, 0.05) is 5.39 Å². The first-order chi connectivity index (χ1) is 10.1. The van der Waals surface area contributed by atoms with Crippen molar-refractivity contribution in [3.8, 4) is 5.75 Å². The van der Waals surface area contributed by atoms with Crippen LogP contribution in [0.3, 0.4) is 0 Å². The largest absolute Gasteiger partial charge is 0.505 e. The summed E-state index contributed by atoms with van der Waals surface area (Å²) in [5.41, 5.74) is 3.71. The SMILES string of the molecule is Cc1cc(C)c2ccc(C=CC3CCCCC3)nc2c1O. The molecule has 2 nitrogen and oxygen atoms in total. The van der Waals surface area contributed by atoms with Crippen LogP contribution in [0.25, 0.3) is 17.0 Å². The van der Waals surface area contributed by atoms with Crippen molar-refractivity contribution in [2.75, 3.05) is 0 Å². The molecule has 1 aliphatic carbocycles. The second kappa shape index (κ2) is 5.88. The third kappa shape index (κ3) is 2.94. The molecule has 1 aliphatic rings. The lowest BCUT2D eigenvalue weighted by molar-refractivity contribution is 0.420. The number of rotatable bonds is 2. The van der Waals surface area contributed by atoms with Crippen molar-refractivity contribution < 1.29 is 5.11 Å². The summed E-state index contributed by atoms with van der Waals surface area (Å²) in [6, 6.07) is 6.12. The minimum absolute atomic E-state index is 0.309. The number of benzene rings is 1. The molecule has 1 N–H and O–H groups in total. The molecule has 0 radical (unpaired) electrons. The molecule has 1 saturated carbocycles. The first-order valence-corrected chi connectivity index (χ1v) is 7.93. The molecule has 0 amide bonds. The topological polar surface area (TPSA) is 33.1 Å². The van der Waals surface area contributed by atoms with Gasteiger partial charge in [-0.2, -0.15) is 0 Å². The van der Waals surface area contributed by atoms with Crippen molar-refractivity contribution in [2.24, 2.45) is 5.92 Å². The molecule has 2 heteroatoms. The van der Waals surface area contributed by atoms with Crippen LogP contribution in [0, 0.1) is 19.8 Å². The van der Waals surface area contributed by atoms with Crippen LogP contribution in [0.4, 0.5) is 0 Å². The van der Waals surface area contributed by atoms with E-state index in [9.17, 15) is 5.11 Å². The molecule has 21 heavy (non-hydrogen) atoms. The lowest BCUT2D eigenvalue weighted by Crippen LogP contribution is -2.02. The molecule has 0 unspecified atom stereocenters. The maximum Gasteiger partial charge on any atom is 0.144 e. The Bertz CT molecular complexity index is 682. The number of nitrogens with zero attached hydrogens (tertiary/aromatic N) is 1. The monoisotopic (exact) mass is 281 g/mol. The fourth-order valence-corrected chi connectivity index (χ4v) is 3.28. The summed E-state index contributed by atoms with van der Waals surface area (Å²) in [6.07, 6.45) is 11.1. The number of pyridine rings is 1. The molecule has 0 atom stereocenters. The summed E-state index contributed by atoms with van der Waals surface area (Å²) in [6.45, 7) is 3.99. The van der Waals surface area contributed by atoms with E-state index < -0.39 is 0 Å². The molecule has 110 valence electrons. The van der Waals surface area contributed by atoms with E-state index in [1.165, 1.54) is 32.1 Å². The van der Waals surface area contributed by atoms with Crippen LogP contribution in [-0.2, 0) is 0 Å². The lowest BCUT2D eigenvalue weighted by atomic mass is 9.89. The summed E-state index contributed by atoms with van der Waals surface area (Å²) < 4.78 is 0. The third-order valence-electron chi connectivity index (χ3n) is 4.56. The smallest absolute Gasteiger partial charge is 0.144 e. The van der Waals surface area contributed by atoms with Crippen LogP contribution in [0.2, 0.25) is 0 Å². The maximum absolute atomic E-state index is 10.2. The van der Waals surface area contributed by atoms with Gasteiger partial charge >= 0.3 is 0 Å². The van der Waals surface area contributed by atoms with Gasteiger partial charge in [0.05, 0.1) is 5.69 Å². The van der Waals surface area contributed by atoms with Crippen LogP contribution in [-0.4, -0.2) is 10.1 Å². The number of aromatic hydroxyl groups is 1. The van der Waals surface area contributed by atoms with Crippen molar-refractivity contribution >= 4 is 17.0 Å². The fourth-order valence-electron chi connectivity index (χ4n) is 3.28. The van der Waals surface area contributed by atoms with Gasteiger partial charge in [-0.1, -0.05) is 37.5 Å². The minimum Gasteiger partial charge on any atom is -0.505 e. The van der Waals surface area contributed by atoms with Gasteiger partial charge in [-0.25, -0.2) is 4.98 Å². The zero-order chi connectivity index (χ0) is 14.8. The number of hydrogen-bond donors (Lipinski definition) is 1. The highest BCUT2D eigenvalue weighted by Gasteiger charge is 2.11. The number of fused-ring (bicyclic) bond motifs is 1. The van der Waals surface area contributed by atoms with Gasteiger partial charge in [0.2, 0.25) is 0 Å². The van der Waals surface area contributed by atoms with Crippen LogP contribution in [0.15, 0.2) is 24.3 Å². The highest BCUT2D eigenvalue weighted by Crippen LogP contribution is 2.30. The molecule has 2 aromatic rings. The number of phenolic OH excluding ortho intramolecular Hbond substituents is 1. The number of phenols is 1. The summed E-state index contributed by atoms with van der Waals surface area (Å²) in [5.74, 6) is 1.01. The lowest BCUT2D eigenvalue weighted by Gasteiger charge is -2.17. The van der Waals surface area contributed by atoms with E-state index in [0.29, 0.717) is 11.7 Å². The van der Waals surface area contributed by atoms with Crippen LogP contribution >= 0.6 is 0 Å². The zero-order valence-electron chi connectivity index (χ0n) is 12.9. The van der Waals surface area contributed by atoms with Crippen molar-refractivity contribution in [3.63, 3.8) is 0 Å². The number of hydrogen-bond acceptors (Lipinski definition) is 2. The summed E-state index contributed by atoms with van der Waals surface area (Å²) >= 11 is 0. The second-order valence-electron chi connectivity index (χ2n) is 6.25. The van der Waals surface area contributed by atoms with E-state index in [4.69, 9.17) is 0 Å². The van der Waals surface area contributed by atoms with Gasteiger partial charge in [0.25, 0.3) is 0 Å². The van der Waals surface area contributed by atoms with Crippen molar-refractivity contribution in [1.29, 1.82) is 0 Å². The summed E-state index contributed by atoms with van der Waals surface area (Å²) in [7, 11) is 0. The Morgan fingerprint density at radius 2 is 1.86 bits per heavy atom. The van der Waals surface area contributed by atoms with Gasteiger partial charge in [0.1, 0.15) is 11.3 Å². The van der Waals surface area contributed by atoms with Gasteiger partial charge in [0.15, 0.2) is 0 Å². The highest BCUT2D eigenvalue weighted by molar-refractivity contribution is 5.89. The van der Waals surface area contributed by atoms with Crippen molar-refractivity contribution in [1.82, 2.24) is 4.98 Å². The average Bonchev–Trinajstić information content (AvgIpc) is 2.51. The van der Waals surface area contributed by atoms with Gasteiger partial charge in [-0.3, -0.25) is 0 Å². The zero-order valence-corrected chi connectivity index (χ0v) is 12.9. The fraction of sp³-hybridized carbons (Fsp3) is 0.421. The molecule has 0 saturated heterocycles. The summed E-state index contributed by atoms with van der Waals surface area (Å²) in [5, 5.41) is 11.3. The standard InChI is InChI=1S/C19H23NO/c1-13-12-14(2)19(21)18-17(13)11-10-16(20-18)9-8-15-6-4-3-5-7-15/h8-12,15,21H,3-7H2,1-2H3. The highest BCUT2D eigenvalue weighted by atomic mass is 16.3. The molecule has 0 aliphatic heterocycles. The average molecular weight is 281 g/mol. The van der Waals surface area contributed by atoms with Crippen LogP contribution in [0.1, 0.15) is 48.9 Å². The predicted molar refractivity (Wildman–Crippen MR) is 88.5 cm³/mol. The number of aromatic nitrogens is 1. The third-order valence-corrected chi connectivity index (χ3v) is 4.56. The first-order valence-electron chi connectivity index (χ1n) is 7.93. The Morgan fingerprint density at radius 3 is 2.62 bits per heavy atom. The molecule has 1 aromatic carbocycles. The summed E-state index contributed by atoms with van der Waals surface area (Å²) in [4.78, 5) is 4.64. The second-order valence-corrected chi connectivity index (χ2v) is 6.25. The Labute approximate surface area is 126 Å². The van der Waals surface area contributed by atoms with E-state index in [1.54, 1.807) is 0 Å². The molecule has 1 fully saturated rings. The van der Waals surface area contributed by atoms with Crippen LogP contribution < -0.4 is 0 Å². The molecule has 0 bridgehead atoms. The Kier molecular flexibility index (Phi) is 3.96. The number of aryl methyl sites for hydroxylation is 2. The first kappa shape index (κ1) is 14.1. The van der Waals surface area contributed by atoms with Crippen LogP contribution in [0.5, 0.6) is 5.75 Å². The van der Waals surface area contributed by atoms with E-state index in [-0.39, 0.29) is 0 Å². The molecular formula is C19H23NO. The minimum atomic E-state index is 0.309. The van der Waals surface area contributed by atoms with E-state index in [0.717, 1.165) is 27.7 Å². The molecular weight excluding hydrogens is 258 g/mol. The van der Waals surface area contributed by atoms with Crippen molar-refractivity contribution in [2.45, 2.75) is 46.0 Å². The van der Waals surface area contributed by atoms with Gasteiger partial charge in [-0.05, 0) is 55.9 Å². The normalized spacial score (nSPS) is 16.9. The Hall–Kier alpha value is -1.83.